The van der Waals surface area contributed by atoms with E-state index in [-0.39, 0.29) is 42.9 Å². The molecule has 2 N–H and O–H groups in total. The summed E-state index contributed by atoms with van der Waals surface area (Å²) < 4.78 is 4.90. The molecule has 0 bridgehead atoms. The van der Waals surface area contributed by atoms with Gasteiger partial charge in [0.25, 0.3) is 0 Å². The van der Waals surface area contributed by atoms with Crippen LogP contribution in [0.2, 0.25) is 0 Å². The molecule has 3 amide bonds. The molecular weight excluding hydrogens is 250 g/mol. The molecular formula is C12H21N3O4. The molecule has 0 aromatic carbocycles. The zero-order valence-electron chi connectivity index (χ0n) is 11.6. The predicted octanol–water partition coefficient (Wildman–Crippen LogP) is -1.13. The Balaban J connectivity index is 2.56. The average Bonchev–Trinajstić information content (AvgIpc) is 2.35. The van der Waals surface area contributed by atoms with Crippen molar-refractivity contribution in [2.75, 3.05) is 26.8 Å². The van der Waals surface area contributed by atoms with Crippen LogP contribution in [0.1, 0.15) is 20.3 Å². The Kier molecular flexibility index (Phi) is 5.91. The quantitative estimate of drug-likeness (QED) is 0.597. The van der Waals surface area contributed by atoms with E-state index in [1.165, 1.54) is 7.11 Å². The third-order valence-electron chi connectivity index (χ3n) is 2.90. The molecule has 2 unspecified atom stereocenters. The number of imide groups is 1. The summed E-state index contributed by atoms with van der Waals surface area (Å²) in [7, 11) is 1.54. The molecule has 1 saturated heterocycles. The maximum absolute atomic E-state index is 12.0. The first-order valence-electron chi connectivity index (χ1n) is 6.35. The topological polar surface area (TPSA) is 87.7 Å². The van der Waals surface area contributed by atoms with E-state index in [1.54, 1.807) is 6.92 Å². The minimum Gasteiger partial charge on any atom is -0.383 e. The zero-order chi connectivity index (χ0) is 14.4. The Morgan fingerprint density at radius 1 is 1.58 bits per heavy atom. The lowest BCUT2D eigenvalue weighted by molar-refractivity contribution is -0.152. The van der Waals surface area contributed by atoms with E-state index < -0.39 is 0 Å². The molecule has 0 saturated carbocycles. The van der Waals surface area contributed by atoms with Gasteiger partial charge in [-0.1, -0.05) is 6.92 Å². The van der Waals surface area contributed by atoms with Crippen LogP contribution in [-0.4, -0.2) is 61.5 Å². The molecule has 7 nitrogen and oxygen atoms in total. The van der Waals surface area contributed by atoms with Crippen molar-refractivity contribution in [1.29, 1.82) is 0 Å². The first-order valence-corrected chi connectivity index (χ1v) is 6.35. The van der Waals surface area contributed by atoms with Crippen LogP contribution < -0.4 is 10.6 Å². The van der Waals surface area contributed by atoms with E-state index in [0.29, 0.717) is 13.0 Å². The van der Waals surface area contributed by atoms with Gasteiger partial charge < -0.3 is 10.1 Å². The van der Waals surface area contributed by atoms with Crippen LogP contribution in [0.3, 0.4) is 0 Å². The maximum Gasteiger partial charge on any atom is 0.246 e. The molecule has 1 rings (SSSR count). The number of amides is 3. The largest absolute Gasteiger partial charge is 0.383 e. The van der Waals surface area contributed by atoms with Gasteiger partial charge in [-0.05, 0) is 13.3 Å². The van der Waals surface area contributed by atoms with E-state index in [9.17, 15) is 14.4 Å². The van der Waals surface area contributed by atoms with Crippen molar-refractivity contribution < 1.29 is 19.1 Å². The van der Waals surface area contributed by atoms with Crippen LogP contribution >= 0.6 is 0 Å². The van der Waals surface area contributed by atoms with Gasteiger partial charge in [0.1, 0.15) is 6.54 Å². The molecule has 0 aromatic rings. The molecule has 1 aliphatic rings. The summed E-state index contributed by atoms with van der Waals surface area (Å²) in [6, 6.07) is -0.547. The Hall–Kier alpha value is -1.47. The monoisotopic (exact) mass is 271 g/mol. The van der Waals surface area contributed by atoms with Crippen LogP contribution in [0.25, 0.3) is 0 Å². The summed E-state index contributed by atoms with van der Waals surface area (Å²) >= 11 is 0. The number of nitrogens with one attached hydrogen (secondary N) is 2. The maximum atomic E-state index is 12.0. The summed E-state index contributed by atoms with van der Waals surface area (Å²) in [6.07, 6.45) is 0.588. The standard InChI is InChI=1S/C12H21N3O4/c1-4-9-12(18)15(11(17)5-13-9)6-10(16)14-8(2)7-19-3/h8-9,13H,4-7H2,1-3H3,(H,14,16). The van der Waals surface area contributed by atoms with Crippen molar-refractivity contribution in [1.82, 2.24) is 15.5 Å². The highest BCUT2D eigenvalue weighted by atomic mass is 16.5. The summed E-state index contributed by atoms with van der Waals surface area (Å²) in [4.78, 5) is 36.4. The van der Waals surface area contributed by atoms with Gasteiger partial charge >= 0.3 is 0 Å². The second kappa shape index (κ2) is 7.20. The molecule has 19 heavy (non-hydrogen) atoms. The number of hydrogen-bond donors (Lipinski definition) is 2. The molecule has 1 aliphatic heterocycles. The fourth-order valence-electron chi connectivity index (χ4n) is 1.95. The number of ether oxygens (including phenoxy) is 1. The van der Waals surface area contributed by atoms with Crippen molar-refractivity contribution >= 4 is 17.7 Å². The van der Waals surface area contributed by atoms with Crippen LogP contribution in [0.15, 0.2) is 0 Å². The average molecular weight is 271 g/mol. The van der Waals surface area contributed by atoms with Crippen LogP contribution in [0.4, 0.5) is 0 Å². The van der Waals surface area contributed by atoms with Crippen molar-refractivity contribution in [2.24, 2.45) is 0 Å². The predicted molar refractivity (Wildman–Crippen MR) is 68.3 cm³/mol. The van der Waals surface area contributed by atoms with E-state index in [0.717, 1.165) is 4.90 Å². The number of nitrogens with zero attached hydrogens (tertiary/aromatic N) is 1. The number of hydrogen-bond acceptors (Lipinski definition) is 5. The number of rotatable bonds is 6. The van der Waals surface area contributed by atoms with Gasteiger partial charge in [0.05, 0.1) is 19.2 Å². The van der Waals surface area contributed by atoms with Crippen molar-refractivity contribution in [3.05, 3.63) is 0 Å². The molecule has 1 heterocycles. The van der Waals surface area contributed by atoms with Crippen LogP contribution in [-0.2, 0) is 19.1 Å². The van der Waals surface area contributed by atoms with E-state index in [2.05, 4.69) is 10.6 Å². The molecule has 108 valence electrons. The second-order valence-electron chi connectivity index (χ2n) is 4.58. The Morgan fingerprint density at radius 3 is 2.84 bits per heavy atom. The van der Waals surface area contributed by atoms with Gasteiger partial charge in [-0.15, -0.1) is 0 Å². The molecule has 0 aromatic heterocycles. The fourth-order valence-corrected chi connectivity index (χ4v) is 1.95. The number of carbonyl (C=O) groups is 3. The lowest BCUT2D eigenvalue weighted by atomic mass is 10.1. The van der Waals surface area contributed by atoms with Crippen LogP contribution in [0, 0.1) is 0 Å². The Labute approximate surface area is 112 Å². The SMILES string of the molecule is CCC1NCC(=O)N(CC(=O)NC(C)COC)C1=O. The molecule has 0 aliphatic carbocycles. The fraction of sp³-hybridized carbons (Fsp3) is 0.750. The summed E-state index contributed by atoms with van der Waals surface area (Å²) in [5, 5.41) is 5.51. The van der Waals surface area contributed by atoms with Gasteiger partial charge in [0, 0.05) is 13.2 Å². The summed E-state index contributed by atoms with van der Waals surface area (Å²) in [5.74, 6) is -1.07. The minimum atomic E-state index is -0.387. The van der Waals surface area contributed by atoms with Gasteiger partial charge in [0.2, 0.25) is 17.7 Å². The van der Waals surface area contributed by atoms with Crippen LogP contribution in [0.5, 0.6) is 0 Å². The first-order chi connectivity index (χ1) is 8.99. The third kappa shape index (κ3) is 4.29. The number of carbonyl (C=O) groups excluding carboxylic acids is 3. The summed E-state index contributed by atoms with van der Waals surface area (Å²) in [5.41, 5.74) is 0. The first kappa shape index (κ1) is 15.6. The zero-order valence-corrected chi connectivity index (χ0v) is 11.6. The highest BCUT2D eigenvalue weighted by Gasteiger charge is 2.34. The Bertz CT molecular complexity index is 359. The smallest absolute Gasteiger partial charge is 0.246 e. The normalized spacial score (nSPS) is 21.4. The molecule has 0 radical (unpaired) electrons. The molecule has 1 fully saturated rings. The lowest BCUT2D eigenvalue weighted by Gasteiger charge is -2.30. The van der Waals surface area contributed by atoms with Crippen molar-refractivity contribution in [3.8, 4) is 0 Å². The molecule has 7 heteroatoms. The van der Waals surface area contributed by atoms with E-state index >= 15 is 0 Å². The highest BCUT2D eigenvalue weighted by molar-refractivity contribution is 6.03. The highest BCUT2D eigenvalue weighted by Crippen LogP contribution is 2.05. The molecule has 2 atom stereocenters. The summed E-state index contributed by atoms with van der Waals surface area (Å²) in [6.45, 7) is 3.88. The van der Waals surface area contributed by atoms with Gasteiger partial charge in [-0.3, -0.25) is 24.6 Å². The van der Waals surface area contributed by atoms with Gasteiger partial charge in [0.15, 0.2) is 0 Å². The Morgan fingerprint density at radius 2 is 2.26 bits per heavy atom. The lowest BCUT2D eigenvalue weighted by Crippen LogP contribution is -2.60. The van der Waals surface area contributed by atoms with Gasteiger partial charge in [-0.25, -0.2) is 0 Å². The van der Waals surface area contributed by atoms with E-state index in [4.69, 9.17) is 4.74 Å². The third-order valence-corrected chi connectivity index (χ3v) is 2.90. The second-order valence-corrected chi connectivity index (χ2v) is 4.58. The number of methoxy groups -OCH3 is 1. The molecule has 0 spiro atoms. The van der Waals surface area contributed by atoms with E-state index in [1.807, 2.05) is 6.92 Å². The number of piperazine rings is 1. The van der Waals surface area contributed by atoms with Crippen molar-refractivity contribution in [3.63, 3.8) is 0 Å². The minimum absolute atomic E-state index is 0.0884. The van der Waals surface area contributed by atoms with Crippen molar-refractivity contribution in [2.45, 2.75) is 32.4 Å². The van der Waals surface area contributed by atoms with Gasteiger partial charge in [-0.2, -0.15) is 0 Å².